The molecule has 0 saturated heterocycles. The number of amides is 1. The molecule has 1 unspecified atom stereocenters. The van der Waals surface area contributed by atoms with Crippen molar-refractivity contribution in [1.82, 2.24) is 10.3 Å². The first-order valence-electron chi connectivity index (χ1n) is 6.67. The molecule has 106 valence electrons. The molecule has 0 aliphatic rings. The lowest BCUT2D eigenvalue weighted by atomic mass is 10.2. The van der Waals surface area contributed by atoms with Crippen LogP contribution in [0.2, 0.25) is 0 Å². The molecule has 0 bridgehead atoms. The van der Waals surface area contributed by atoms with Crippen LogP contribution in [0.3, 0.4) is 0 Å². The number of hydrogen-bond donors (Lipinski definition) is 2. The highest BCUT2D eigenvalue weighted by Crippen LogP contribution is 2.23. The zero-order valence-corrected chi connectivity index (χ0v) is 12.3. The summed E-state index contributed by atoms with van der Waals surface area (Å²) in [4.78, 5) is 16.0. The van der Waals surface area contributed by atoms with Crippen molar-refractivity contribution in [2.75, 3.05) is 6.54 Å². The molecule has 1 heterocycles. The maximum atomic E-state index is 11.5. The van der Waals surface area contributed by atoms with Crippen molar-refractivity contribution in [2.45, 2.75) is 25.8 Å². The summed E-state index contributed by atoms with van der Waals surface area (Å²) < 4.78 is 0. The average molecular weight is 289 g/mol. The molecule has 0 aliphatic carbocycles. The van der Waals surface area contributed by atoms with E-state index in [0.29, 0.717) is 13.0 Å². The predicted molar refractivity (Wildman–Crippen MR) is 82.5 cm³/mol. The van der Waals surface area contributed by atoms with E-state index in [-0.39, 0.29) is 11.9 Å². The van der Waals surface area contributed by atoms with E-state index in [4.69, 9.17) is 5.73 Å². The van der Waals surface area contributed by atoms with Crippen molar-refractivity contribution in [3.8, 4) is 10.6 Å². The van der Waals surface area contributed by atoms with Gasteiger partial charge in [0.1, 0.15) is 5.01 Å². The number of rotatable bonds is 6. The smallest absolute Gasteiger partial charge is 0.221 e. The molecule has 20 heavy (non-hydrogen) atoms. The van der Waals surface area contributed by atoms with Crippen molar-refractivity contribution in [3.63, 3.8) is 0 Å². The summed E-state index contributed by atoms with van der Waals surface area (Å²) in [7, 11) is 0. The van der Waals surface area contributed by atoms with Gasteiger partial charge in [0.05, 0.1) is 5.69 Å². The van der Waals surface area contributed by atoms with Gasteiger partial charge in [-0.25, -0.2) is 4.98 Å². The Bertz CT molecular complexity index is 551. The van der Waals surface area contributed by atoms with Crippen LogP contribution >= 0.6 is 11.3 Å². The Morgan fingerprint density at radius 2 is 2.15 bits per heavy atom. The fourth-order valence-electron chi connectivity index (χ4n) is 1.83. The zero-order chi connectivity index (χ0) is 14.4. The third-order valence-corrected chi connectivity index (χ3v) is 3.72. The summed E-state index contributed by atoms with van der Waals surface area (Å²) in [6.07, 6.45) is 1.11. The van der Waals surface area contributed by atoms with Gasteiger partial charge in [-0.05, 0) is 6.92 Å². The Labute approximate surface area is 123 Å². The number of benzene rings is 1. The normalized spacial score (nSPS) is 12.1. The van der Waals surface area contributed by atoms with E-state index >= 15 is 0 Å². The molecule has 1 aromatic carbocycles. The molecule has 0 radical (unpaired) electrons. The summed E-state index contributed by atoms with van der Waals surface area (Å²) in [6, 6.07) is 10.0. The first-order valence-corrected chi connectivity index (χ1v) is 7.55. The molecule has 2 aromatic rings. The molecule has 2 rings (SSSR count). The zero-order valence-electron chi connectivity index (χ0n) is 11.5. The second-order valence-electron chi connectivity index (χ2n) is 4.79. The minimum absolute atomic E-state index is 0.00138. The maximum Gasteiger partial charge on any atom is 0.221 e. The van der Waals surface area contributed by atoms with Crippen LogP contribution < -0.4 is 11.1 Å². The number of nitrogens with one attached hydrogen (secondary N) is 1. The molecule has 0 fully saturated rings. The maximum absolute atomic E-state index is 11.5. The number of carbonyl (C=O) groups excluding carboxylic acids is 1. The van der Waals surface area contributed by atoms with E-state index in [9.17, 15) is 4.79 Å². The first kappa shape index (κ1) is 14.7. The minimum Gasteiger partial charge on any atom is -0.356 e. The highest BCUT2D eigenvalue weighted by atomic mass is 32.1. The molecule has 5 heteroatoms. The van der Waals surface area contributed by atoms with Gasteiger partial charge >= 0.3 is 0 Å². The van der Waals surface area contributed by atoms with Crippen molar-refractivity contribution in [1.29, 1.82) is 0 Å². The highest BCUT2D eigenvalue weighted by molar-refractivity contribution is 7.13. The topological polar surface area (TPSA) is 68.0 Å². The number of aromatic nitrogens is 1. The van der Waals surface area contributed by atoms with Crippen molar-refractivity contribution in [2.24, 2.45) is 5.73 Å². The van der Waals surface area contributed by atoms with Gasteiger partial charge in [-0.15, -0.1) is 11.3 Å². The molecule has 0 saturated carbocycles. The van der Waals surface area contributed by atoms with Crippen LogP contribution in [0.4, 0.5) is 0 Å². The van der Waals surface area contributed by atoms with Crippen LogP contribution in [0.15, 0.2) is 35.7 Å². The Kier molecular flexibility index (Phi) is 5.26. The van der Waals surface area contributed by atoms with E-state index in [1.165, 1.54) is 0 Å². The molecule has 0 spiro atoms. The third kappa shape index (κ3) is 4.43. The van der Waals surface area contributed by atoms with E-state index in [2.05, 4.69) is 10.3 Å². The summed E-state index contributed by atoms with van der Waals surface area (Å²) in [5.74, 6) is -0.00138. The Balaban J connectivity index is 1.83. The second-order valence-corrected chi connectivity index (χ2v) is 5.65. The van der Waals surface area contributed by atoms with Gasteiger partial charge in [-0.1, -0.05) is 30.3 Å². The summed E-state index contributed by atoms with van der Waals surface area (Å²) >= 11 is 1.63. The summed E-state index contributed by atoms with van der Waals surface area (Å²) in [5.41, 5.74) is 7.71. The number of thiazole rings is 1. The molecule has 4 nitrogen and oxygen atoms in total. The van der Waals surface area contributed by atoms with Crippen molar-refractivity contribution < 1.29 is 4.79 Å². The van der Waals surface area contributed by atoms with Gasteiger partial charge < -0.3 is 11.1 Å². The fraction of sp³-hybridized carbons (Fsp3) is 0.333. The number of carbonyl (C=O) groups is 1. The molecule has 1 aromatic heterocycles. The van der Waals surface area contributed by atoms with Gasteiger partial charge in [-0.2, -0.15) is 0 Å². The SMILES string of the molecule is CC(N)CC(=O)NCCc1csc(-c2ccccc2)n1. The van der Waals surface area contributed by atoms with E-state index in [1.54, 1.807) is 11.3 Å². The highest BCUT2D eigenvalue weighted by Gasteiger charge is 2.06. The average Bonchev–Trinajstić information content (AvgIpc) is 2.88. The predicted octanol–water partition coefficient (Wildman–Crippen LogP) is 2.21. The second kappa shape index (κ2) is 7.17. The van der Waals surface area contributed by atoms with E-state index in [1.807, 2.05) is 42.6 Å². The summed E-state index contributed by atoms with van der Waals surface area (Å²) in [6.45, 7) is 2.43. The number of nitrogens with two attached hydrogens (primary N) is 1. The van der Waals surface area contributed by atoms with Crippen molar-refractivity contribution in [3.05, 3.63) is 41.4 Å². The quantitative estimate of drug-likeness (QED) is 0.856. The van der Waals surface area contributed by atoms with Gasteiger partial charge in [0, 0.05) is 36.4 Å². The minimum atomic E-state index is -0.0982. The van der Waals surface area contributed by atoms with Gasteiger partial charge in [0.15, 0.2) is 0 Å². The molecular weight excluding hydrogens is 270 g/mol. The van der Waals surface area contributed by atoms with Crippen LogP contribution in [0.1, 0.15) is 19.0 Å². The van der Waals surface area contributed by atoms with Crippen LogP contribution in [-0.2, 0) is 11.2 Å². The lowest BCUT2D eigenvalue weighted by Gasteiger charge is -2.05. The van der Waals surface area contributed by atoms with Gasteiger partial charge in [0.2, 0.25) is 5.91 Å². The van der Waals surface area contributed by atoms with Crippen LogP contribution in [0, 0.1) is 0 Å². The lowest BCUT2D eigenvalue weighted by Crippen LogP contribution is -2.31. The van der Waals surface area contributed by atoms with E-state index in [0.717, 1.165) is 22.7 Å². The fourth-order valence-corrected chi connectivity index (χ4v) is 2.69. The Morgan fingerprint density at radius 1 is 1.40 bits per heavy atom. The standard InChI is InChI=1S/C15H19N3OS/c1-11(16)9-14(19)17-8-7-13-10-20-15(18-13)12-5-3-2-4-6-12/h2-6,10-11H,7-9,16H2,1H3,(H,17,19). The third-order valence-electron chi connectivity index (χ3n) is 2.78. The lowest BCUT2D eigenvalue weighted by molar-refractivity contribution is -0.121. The van der Waals surface area contributed by atoms with Gasteiger partial charge in [0.25, 0.3) is 0 Å². The molecular formula is C15H19N3OS. The largest absolute Gasteiger partial charge is 0.356 e. The van der Waals surface area contributed by atoms with Crippen LogP contribution in [-0.4, -0.2) is 23.5 Å². The summed E-state index contributed by atoms with van der Waals surface area (Å²) in [5, 5.41) is 5.92. The molecule has 0 aliphatic heterocycles. The van der Waals surface area contributed by atoms with Crippen LogP contribution in [0.25, 0.3) is 10.6 Å². The van der Waals surface area contributed by atoms with Crippen LogP contribution in [0.5, 0.6) is 0 Å². The Hall–Kier alpha value is -1.72. The van der Waals surface area contributed by atoms with E-state index < -0.39 is 0 Å². The Morgan fingerprint density at radius 3 is 2.85 bits per heavy atom. The number of hydrogen-bond acceptors (Lipinski definition) is 4. The van der Waals surface area contributed by atoms with Gasteiger partial charge in [-0.3, -0.25) is 4.79 Å². The number of nitrogens with zero attached hydrogens (tertiary/aromatic N) is 1. The molecule has 3 N–H and O–H groups in total. The molecule has 1 atom stereocenters. The van der Waals surface area contributed by atoms with Crippen molar-refractivity contribution >= 4 is 17.2 Å². The molecule has 1 amide bonds. The monoisotopic (exact) mass is 289 g/mol. The first-order chi connectivity index (χ1) is 9.65.